The molecule has 0 heterocycles. The molecule has 0 aliphatic carbocycles. The van der Waals surface area contributed by atoms with Crippen molar-refractivity contribution in [2.45, 2.75) is 6.04 Å². The largest absolute Gasteiger partial charge is 0.497 e. The van der Waals surface area contributed by atoms with Crippen LogP contribution in [0.3, 0.4) is 0 Å². The van der Waals surface area contributed by atoms with E-state index in [4.69, 9.17) is 14.2 Å². The summed E-state index contributed by atoms with van der Waals surface area (Å²) < 4.78 is 15.4. The average Bonchev–Trinajstić information content (AvgIpc) is 2.86. The van der Waals surface area contributed by atoms with Gasteiger partial charge in [-0.1, -0.05) is 36.4 Å². The van der Waals surface area contributed by atoms with Gasteiger partial charge in [0, 0.05) is 6.07 Å². The molecule has 0 atom stereocenters. The SMILES string of the molecule is COc1ccc(C(NC(=O)COC(=O)c2ccccc2[N+](=O)[O-])c2ccc(OC)cc2)cc1. The highest BCUT2D eigenvalue weighted by molar-refractivity contribution is 5.95. The molecule has 0 unspecified atom stereocenters. The third kappa shape index (κ3) is 5.85. The number of methoxy groups -OCH3 is 2. The Morgan fingerprint density at radius 1 is 0.879 bits per heavy atom. The van der Waals surface area contributed by atoms with Gasteiger partial charge in [0.05, 0.1) is 25.2 Å². The van der Waals surface area contributed by atoms with Crippen LogP contribution in [0.5, 0.6) is 11.5 Å². The van der Waals surface area contributed by atoms with Gasteiger partial charge in [-0.15, -0.1) is 0 Å². The number of rotatable bonds is 9. The van der Waals surface area contributed by atoms with Crippen molar-refractivity contribution in [1.82, 2.24) is 5.32 Å². The van der Waals surface area contributed by atoms with Crippen molar-refractivity contribution in [2.75, 3.05) is 20.8 Å². The first-order valence-electron chi connectivity index (χ1n) is 9.90. The number of para-hydroxylation sites is 1. The standard InChI is InChI=1S/C24H22N2O7/c1-31-18-11-7-16(8-12-18)23(17-9-13-19(32-2)14-10-17)25-22(27)15-33-24(28)20-5-3-4-6-21(20)26(29)30/h3-14,23H,15H2,1-2H3,(H,25,27). The summed E-state index contributed by atoms with van der Waals surface area (Å²) in [5, 5.41) is 14.0. The van der Waals surface area contributed by atoms with Crippen molar-refractivity contribution in [3.8, 4) is 11.5 Å². The predicted molar refractivity (Wildman–Crippen MR) is 119 cm³/mol. The second kappa shape index (κ2) is 10.8. The molecule has 0 saturated heterocycles. The van der Waals surface area contributed by atoms with Crippen molar-refractivity contribution >= 4 is 17.6 Å². The molecule has 0 fully saturated rings. The predicted octanol–water partition coefficient (Wildman–Crippen LogP) is 3.67. The van der Waals surface area contributed by atoms with Gasteiger partial charge in [-0.25, -0.2) is 4.79 Å². The molecule has 0 saturated carbocycles. The molecular formula is C24H22N2O7. The Morgan fingerprint density at radius 2 is 1.39 bits per heavy atom. The number of carbonyl (C=O) groups is 2. The van der Waals surface area contributed by atoms with E-state index in [0.717, 1.165) is 11.1 Å². The number of nitrogens with one attached hydrogen (secondary N) is 1. The molecule has 0 spiro atoms. The number of carbonyl (C=O) groups excluding carboxylic acids is 2. The second-order valence-electron chi connectivity index (χ2n) is 6.90. The smallest absolute Gasteiger partial charge is 0.345 e. The fourth-order valence-corrected chi connectivity index (χ4v) is 3.17. The molecule has 0 aliphatic rings. The fraction of sp³-hybridized carbons (Fsp3) is 0.167. The number of hydrogen-bond donors (Lipinski definition) is 1. The zero-order chi connectivity index (χ0) is 23.8. The van der Waals surface area contributed by atoms with E-state index in [0.29, 0.717) is 11.5 Å². The maximum atomic E-state index is 12.6. The lowest BCUT2D eigenvalue weighted by Crippen LogP contribution is -2.33. The third-order valence-corrected chi connectivity index (χ3v) is 4.86. The number of nitro benzene ring substituents is 1. The van der Waals surface area contributed by atoms with E-state index >= 15 is 0 Å². The quantitative estimate of drug-likeness (QED) is 0.300. The summed E-state index contributed by atoms with van der Waals surface area (Å²) in [6, 6.07) is 19.2. The molecule has 9 nitrogen and oxygen atoms in total. The lowest BCUT2D eigenvalue weighted by Gasteiger charge is -2.20. The van der Waals surface area contributed by atoms with Crippen LogP contribution in [0.4, 0.5) is 5.69 Å². The van der Waals surface area contributed by atoms with E-state index < -0.39 is 35.1 Å². The van der Waals surface area contributed by atoms with Gasteiger partial charge < -0.3 is 19.5 Å². The Balaban J connectivity index is 1.75. The van der Waals surface area contributed by atoms with Crippen LogP contribution in [0.25, 0.3) is 0 Å². The van der Waals surface area contributed by atoms with E-state index in [1.807, 2.05) is 24.3 Å². The maximum Gasteiger partial charge on any atom is 0.345 e. The van der Waals surface area contributed by atoms with Crippen molar-refractivity contribution < 1.29 is 28.7 Å². The zero-order valence-electron chi connectivity index (χ0n) is 18.0. The number of nitrogens with zero attached hydrogens (tertiary/aromatic N) is 1. The van der Waals surface area contributed by atoms with Crippen molar-refractivity contribution in [2.24, 2.45) is 0 Å². The van der Waals surface area contributed by atoms with Crippen LogP contribution in [0.2, 0.25) is 0 Å². The highest BCUT2D eigenvalue weighted by atomic mass is 16.6. The van der Waals surface area contributed by atoms with Gasteiger partial charge >= 0.3 is 5.97 Å². The minimum atomic E-state index is -0.956. The summed E-state index contributed by atoms with van der Waals surface area (Å²) in [5.74, 6) is -0.199. The Morgan fingerprint density at radius 3 is 1.88 bits per heavy atom. The normalized spacial score (nSPS) is 10.4. The molecular weight excluding hydrogens is 428 g/mol. The molecule has 3 aromatic rings. The summed E-state index contributed by atoms with van der Waals surface area (Å²) in [6.45, 7) is -0.603. The van der Waals surface area contributed by atoms with Gasteiger partial charge in [0.1, 0.15) is 17.1 Å². The van der Waals surface area contributed by atoms with Gasteiger partial charge in [-0.3, -0.25) is 14.9 Å². The number of amides is 1. The van der Waals surface area contributed by atoms with Gasteiger partial charge in [0.15, 0.2) is 6.61 Å². The van der Waals surface area contributed by atoms with Gasteiger partial charge in [-0.2, -0.15) is 0 Å². The van der Waals surface area contributed by atoms with E-state index in [9.17, 15) is 19.7 Å². The van der Waals surface area contributed by atoms with E-state index in [1.54, 1.807) is 38.5 Å². The molecule has 9 heteroatoms. The van der Waals surface area contributed by atoms with Crippen molar-refractivity contribution in [1.29, 1.82) is 0 Å². The van der Waals surface area contributed by atoms with Gasteiger partial charge in [0.2, 0.25) is 0 Å². The number of nitro groups is 1. The highest BCUT2D eigenvalue weighted by Gasteiger charge is 2.23. The molecule has 0 radical (unpaired) electrons. The summed E-state index contributed by atoms with van der Waals surface area (Å²) in [7, 11) is 3.12. The van der Waals surface area contributed by atoms with Crippen molar-refractivity contribution in [3.05, 3.63) is 99.6 Å². The molecule has 0 bridgehead atoms. The first kappa shape index (κ1) is 23.3. The maximum absolute atomic E-state index is 12.6. The van der Waals surface area contributed by atoms with Gasteiger partial charge in [-0.05, 0) is 41.5 Å². The summed E-state index contributed by atoms with van der Waals surface area (Å²) in [5.41, 5.74) is 0.938. The Hall–Kier alpha value is -4.40. The lowest BCUT2D eigenvalue weighted by atomic mass is 9.98. The molecule has 1 N–H and O–H groups in total. The molecule has 33 heavy (non-hydrogen) atoms. The average molecular weight is 450 g/mol. The third-order valence-electron chi connectivity index (χ3n) is 4.86. The van der Waals surface area contributed by atoms with Crippen LogP contribution in [-0.2, 0) is 9.53 Å². The number of hydrogen-bond acceptors (Lipinski definition) is 7. The second-order valence-corrected chi connectivity index (χ2v) is 6.90. The van der Waals surface area contributed by atoms with Crippen LogP contribution in [0, 0.1) is 10.1 Å². The Labute approximate surface area is 190 Å². The van der Waals surface area contributed by atoms with E-state index in [2.05, 4.69) is 5.32 Å². The first-order valence-corrected chi connectivity index (χ1v) is 9.90. The summed E-state index contributed by atoms with van der Waals surface area (Å²) in [4.78, 5) is 35.4. The summed E-state index contributed by atoms with van der Waals surface area (Å²) >= 11 is 0. The molecule has 0 aromatic heterocycles. The number of esters is 1. The van der Waals surface area contributed by atoms with Crippen LogP contribution < -0.4 is 14.8 Å². The highest BCUT2D eigenvalue weighted by Crippen LogP contribution is 2.26. The lowest BCUT2D eigenvalue weighted by molar-refractivity contribution is -0.385. The molecule has 3 rings (SSSR count). The zero-order valence-corrected chi connectivity index (χ0v) is 18.0. The first-order chi connectivity index (χ1) is 15.9. The van der Waals surface area contributed by atoms with Crippen molar-refractivity contribution in [3.63, 3.8) is 0 Å². The summed E-state index contributed by atoms with van der Waals surface area (Å²) in [6.07, 6.45) is 0. The van der Waals surface area contributed by atoms with Crippen LogP contribution in [0.15, 0.2) is 72.8 Å². The van der Waals surface area contributed by atoms with Crippen LogP contribution in [0.1, 0.15) is 27.5 Å². The van der Waals surface area contributed by atoms with Gasteiger partial charge in [0.25, 0.3) is 11.6 Å². The van der Waals surface area contributed by atoms with Crippen LogP contribution in [-0.4, -0.2) is 37.6 Å². The molecule has 3 aromatic carbocycles. The van der Waals surface area contributed by atoms with E-state index in [-0.39, 0.29) is 5.56 Å². The molecule has 1 amide bonds. The topological polar surface area (TPSA) is 117 Å². The molecule has 170 valence electrons. The monoisotopic (exact) mass is 450 g/mol. The Kier molecular flexibility index (Phi) is 7.59. The number of ether oxygens (including phenoxy) is 3. The number of benzene rings is 3. The minimum Gasteiger partial charge on any atom is -0.497 e. The fourth-order valence-electron chi connectivity index (χ4n) is 3.17. The minimum absolute atomic E-state index is 0.225. The Bertz CT molecular complexity index is 1080. The van der Waals surface area contributed by atoms with E-state index in [1.165, 1.54) is 24.3 Å². The molecule has 0 aliphatic heterocycles. The van der Waals surface area contributed by atoms with Crippen LogP contribution >= 0.6 is 0 Å².